The maximum atomic E-state index is 6.24. The fraction of sp³-hybridized carbons (Fsp3) is 0.333. The van der Waals surface area contributed by atoms with Gasteiger partial charge in [0.25, 0.3) is 0 Å². The van der Waals surface area contributed by atoms with Crippen molar-refractivity contribution >= 4 is 15.9 Å². The Hall–Kier alpha value is -1.10. The zero-order valence-electron chi connectivity index (χ0n) is 11.1. The largest absolute Gasteiger partial charge is 0.472 e. The molecule has 2 N–H and O–H groups in total. The van der Waals surface area contributed by atoms with Gasteiger partial charge in [-0.05, 0) is 37.7 Å². The molecule has 1 atom stereocenters. The van der Waals surface area contributed by atoms with Crippen LogP contribution in [0.5, 0.6) is 0 Å². The van der Waals surface area contributed by atoms with Crippen molar-refractivity contribution in [2.75, 3.05) is 13.6 Å². The fourth-order valence-corrected chi connectivity index (χ4v) is 2.64. The Bertz CT molecular complexity index is 499. The van der Waals surface area contributed by atoms with Gasteiger partial charge >= 0.3 is 0 Å². The molecule has 0 radical (unpaired) electrons. The molecule has 0 aliphatic rings. The second kappa shape index (κ2) is 6.89. The molecular weight excluding hydrogens is 304 g/mol. The van der Waals surface area contributed by atoms with E-state index in [0.29, 0.717) is 0 Å². The summed E-state index contributed by atoms with van der Waals surface area (Å²) in [6.45, 7) is 1.84. The highest BCUT2D eigenvalue weighted by atomic mass is 79.9. The first kappa shape index (κ1) is 14.3. The van der Waals surface area contributed by atoms with E-state index in [0.717, 1.165) is 24.0 Å². The van der Waals surface area contributed by atoms with Gasteiger partial charge in [0, 0.05) is 22.6 Å². The molecule has 0 fully saturated rings. The third-order valence-electron chi connectivity index (χ3n) is 3.16. The van der Waals surface area contributed by atoms with E-state index in [9.17, 15) is 0 Å². The van der Waals surface area contributed by atoms with E-state index in [1.807, 2.05) is 24.3 Å². The van der Waals surface area contributed by atoms with Crippen LogP contribution in [0.15, 0.2) is 51.7 Å². The number of hydrogen-bond donors (Lipinski definition) is 1. The molecule has 0 amide bonds. The van der Waals surface area contributed by atoms with Gasteiger partial charge in [-0.2, -0.15) is 0 Å². The Morgan fingerprint density at radius 3 is 2.79 bits per heavy atom. The Morgan fingerprint density at radius 1 is 1.32 bits per heavy atom. The molecule has 0 saturated heterocycles. The van der Waals surface area contributed by atoms with Crippen LogP contribution in [0.2, 0.25) is 0 Å². The highest BCUT2D eigenvalue weighted by Crippen LogP contribution is 2.23. The minimum absolute atomic E-state index is 0.0578. The van der Waals surface area contributed by atoms with Crippen LogP contribution in [0.25, 0.3) is 0 Å². The van der Waals surface area contributed by atoms with E-state index < -0.39 is 0 Å². The Kier molecular flexibility index (Phi) is 5.19. The lowest BCUT2D eigenvalue weighted by Gasteiger charge is -2.19. The molecule has 1 heterocycles. The van der Waals surface area contributed by atoms with E-state index in [-0.39, 0.29) is 6.04 Å². The number of furan rings is 1. The van der Waals surface area contributed by atoms with Gasteiger partial charge in [-0.25, -0.2) is 0 Å². The molecule has 0 spiro atoms. The van der Waals surface area contributed by atoms with Crippen molar-refractivity contribution in [3.63, 3.8) is 0 Å². The van der Waals surface area contributed by atoms with Gasteiger partial charge < -0.3 is 15.1 Å². The number of halogens is 1. The third-order valence-corrected chi connectivity index (χ3v) is 3.88. The summed E-state index contributed by atoms with van der Waals surface area (Å²) in [7, 11) is 2.10. The van der Waals surface area contributed by atoms with E-state index in [4.69, 9.17) is 10.2 Å². The van der Waals surface area contributed by atoms with E-state index in [2.05, 4.69) is 33.9 Å². The lowest BCUT2D eigenvalue weighted by Crippen LogP contribution is -2.23. The quantitative estimate of drug-likeness (QED) is 0.884. The van der Waals surface area contributed by atoms with E-state index >= 15 is 0 Å². The number of hydrogen-bond acceptors (Lipinski definition) is 3. The highest BCUT2D eigenvalue weighted by molar-refractivity contribution is 9.10. The molecule has 102 valence electrons. The normalized spacial score (nSPS) is 12.8. The van der Waals surface area contributed by atoms with Gasteiger partial charge in [0.05, 0.1) is 12.5 Å². The van der Waals surface area contributed by atoms with Crippen LogP contribution in [-0.4, -0.2) is 18.5 Å². The maximum absolute atomic E-state index is 6.24. The second-order valence-electron chi connectivity index (χ2n) is 4.79. The van der Waals surface area contributed by atoms with Crippen LogP contribution < -0.4 is 5.73 Å². The predicted molar refractivity (Wildman–Crippen MR) is 80.7 cm³/mol. The smallest absolute Gasteiger partial charge is 0.0947 e. The Morgan fingerprint density at radius 2 is 2.11 bits per heavy atom. The third kappa shape index (κ3) is 4.20. The van der Waals surface area contributed by atoms with Gasteiger partial charge in [-0.15, -0.1) is 0 Å². The van der Waals surface area contributed by atoms with Crippen LogP contribution in [0, 0.1) is 0 Å². The average Bonchev–Trinajstić information content (AvgIpc) is 2.89. The molecule has 4 heteroatoms. The predicted octanol–water partition coefficient (Wildman–Crippen LogP) is 3.56. The van der Waals surface area contributed by atoms with Crippen molar-refractivity contribution in [2.45, 2.75) is 19.0 Å². The molecule has 0 saturated carbocycles. The van der Waals surface area contributed by atoms with Crippen molar-refractivity contribution in [2.24, 2.45) is 5.73 Å². The standard InChI is InChI=1S/C15H19BrN2O/c1-18(10-12-7-9-19-11-12)8-6-15(17)13-4-2-3-5-14(13)16/h2-5,7,9,11,15H,6,8,10,17H2,1H3. The van der Waals surface area contributed by atoms with Gasteiger partial charge in [0.15, 0.2) is 0 Å². The SMILES string of the molecule is CN(CCC(N)c1ccccc1Br)Cc1ccoc1. The molecule has 2 aromatic rings. The summed E-state index contributed by atoms with van der Waals surface area (Å²) in [5, 5.41) is 0. The minimum atomic E-state index is 0.0578. The number of rotatable bonds is 6. The molecule has 1 unspecified atom stereocenters. The number of benzene rings is 1. The summed E-state index contributed by atoms with van der Waals surface area (Å²) in [6, 6.07) is 10.2. The van der Waals surface area contributed by atoms with E-state index in [1.165, 1.54) is 11.1 Å². The Labute approximate surface area is 122 Å². The Balaban J connectivity index is 1.83. The highest BCUT2D eigenvalue weighted by Gasteiger charge is 2.10. The van der Waals surface area contributed by atoms with Gasteiger partial charge in [-0.3, -0.25) is 0 Å². The second-order valence-corrected chi connectivity index (χ2v) is 5.64. The van der Waals surface area contributed by atoms with Crippen molar-refractivity contribution in [3.05, 3.63) is 58.5 Å². The van der Waals surface area contributed by atoms with Crippen molar-refractivity contribution < 1.29 is 4.42 Å². The molecule has 2 rings (SSSR count). The van der Waals surface area contributed by atoms with Crippen LogP contribution in [-0.2, 0) is 6.54 Å². The van der Waals surface area contributed by atoms with Gasteiger partial charge in [0.2, 0.25) is 0 Å². The first-order valence-corrected chi connectivity index (χ1v) is 7.15. The van der Waals surface area contributed by atoms with Crippen LogP contribution in [0.4, 0.5) is 0 Å². The first-order chi connectivity index (χ1) is 9.16. The number of nitrogens with zero attached hydrogens (tertiary/aromatic N) is 1. The molecule has 0 aliphatic carbocycles. The molecule has 3 nitrogen and oxygen atoms in total. The fourth-order valence-electron chi connectivity index (χ4n) is 2.06. The van der Waals surface area contributed by atoms with Crippen LogP contribution >= 0.6 is 15.9 Å². The summed E-state index contributed by atoms with van der Waals surface area (Å²) < 4.78 is 6.15. The van der Waals surface area contributed by atoms with Crippen molar-refractivity contribution in [1.29, 1.82) is 0 Å². The van der Waals surface area contributed by atoms with Gasteiger partial charge in [0.1, 0.15) is 0 Å². The monoisotopic (exact) mass is 322 g/mol. The van der Waals surface area contributed by atoms with Crippen molar-refractivity contribution in [1.82, 2.24) is 4.90 Å². The molecule has 19 heavy (non-hydrogen) atoms. The topological polar surface area (TPSA) is 42.4 Å². The zero-order chi connectivity index (χ0) is 13.7. The van der Waals surface area contributed by atoms with Crippen LogP contribution in [0.3, 0.4) is 0 Å². The average molecular weight is 323 g/mol. The lowest BCUT2D eigenvalue weighted by molar-refractivity contribution is 0.310. The first-order valence-electron chi connectivity index (χ1n) is 6.36. The molecule has 0 aliphatic heterocycles. The summed E-state index contributed by atoms with van der Waals surface area (Å²) in [5.41, 5.74) is 8.60. The summed E-state index contributed by atoms with van der Waals surface area (Å²) in [6.07, 6.45) is 4.41. The summed E-state index contributed by atoms with van der Waals surface area (Å²) >= 11 is 3.55. The number of nitrogens with two attached hydrogens (primary N) is 1. The van der Waals surface area contributed by atoms with Crippen LogP contribution in [0.1, 0.15) is 23.6 Å². The molecular formula is C15H19BrN2O. The van der Waals surface area contributed by atoms with Crippen molar-refractivity contribution in [3.8, 4) is 0 Å². The summed E-state index contributed by atoms with van der Waals surface area (Å²) in [4.78, 5) is 2.25. The maximum Gasteiger partial charge on any atom is 0.0947 e. The minimum Gasteiger partial charge on any atom is -0.472 e. The molecule has 0 bridgehead atoms. The summed E-state index contributed by atoms with van der Waals surface area (Å²) in [5.74, 6) is 0. The molecule has 1 aromatic carbocycles. The zero-order valence-corrected chi connectivity index (χ0v) is 12.6. The van der Waals surface area contributed by atoms with Gasteiger partial charge in [-0.1, -0.05) is 34.1 Å². The lowest BCUT2D eigenvalue weighted by atomic mass is 10.0. The molecule has 1 aromatic heterocycles. The van der Waals surface area contributed by atoms with E-state index in [1.54, 1.807) is 12.5 Å².